The minimum Gasteiger partial charge on any atom is -0.396 e. The topological polar surface area (TPSA) is 142 Å². The monoisotopic (exact) mass is 419 g/mol. The fraction of sp³-hybridized carbons (Fsp3) is 0.476. The van der Waals surface area contributed by atoms with Gasteiger partial charge < -0.3 is 20.5 Å². The summed E-state index contributed by atoms with van der Waals surface area (Å²) in [5, 5.41) is 16.2. The lowest BCUT2D eigenvalue weighted by Gasteiger charge is -2.17. The highest BCUT2D eigenvalue weighted by Crippen LogP contribution is 2.13. The molecular formula is C21H29N3O6. The molecule has 1 aromatic rings. The van der Waals surface area contributed by atoms with Crippen molar-refractivity contribution in [3.8, 4) is 0 Å². The summed E-state index contributed by atoms with van der Waals surface area (Å²) in [6.45, 7) is 2.41. The molecule has 0 spiro atoms. The number of aliphatic hydroxyl groups excluding tert-OH is 1. The molecule has 9 nitrogen and oxygen atoms in total. The predicted octanol–water partition coefficient (Wildman–Crippen LogP) is 0.847. The van der Waals surface area contributed by atoms with Crippen molar-refractivity contribution in [2.24, 2.45) is 0 Å². The van der Waals surface area contributed by atoms with Crippen LogP contribution in [0.2, 0.25) is 0 Å². The third-order valence-electron chi connectivity index (χ3n) is 4.16. The van der Waals surface area contributed by atoms with Gasteiger partial charge in [-0.25, -0.2) is 0 Å². The molecule has 0 radical (unpaired) electrons. The maximum Gasteiger partial charge on any atom is 0.249 e. The zero-order valence-electron chi connectivity index (χ0n) is 17.3. The van der Waals surface area contributed by atoms with Gasteiger partial charge in [-0.05, 0) is 37.5 Å². The highest BCUT2D eigenvalue weighted by Gasteiger charge is 2.21. The van der Waals surface area contributed by atoms with Crippen LogP contribution in [-0.2, 0) is 30.4 Å². The zero-order valence-corrected chi connectivity index (χ0v) is 17.3. The summed E-state index contributed by atoms with van der Waals surface area (Å²) in [7, 11) is 0. The van der Waals surface area contributed by atoms with Crippen molar-refractivity contribution in [1.29, 1.82) is 0 Å². The average Bonchev–Trinajstić information content (AvgIpc) is 2.66. The quantitative estimate of drug-likeness (QED) is 0.370. The fourth-order valence-corrected chi connectivity index (χ4v) is 2.69. The van der Waals surface area contributed by atoms with Crippen LogP contribution in [0.5, 0.6) is 0 Å². The molecule has 0 aliphatic heterocycles. The number of hydrogen-bond donors (Lipinski definition) is 4. The first-order chi connectivity index (χ1) is 14.2. The molecule has 0 bridgehead atoms. The van der Waals surface area contributed by atoms with Crippen LogP contribution in [0.15, 0.2) is 24.3 Å². The highest BCUT2D eigenvalue weighted by atomic mass is 16.3. The van der Waals surface area contributed by atoms with Crippen LogP contribution in [0.4, 0.5) is 5.69 Å². The van der Waals surface area contributed by atoms with Gasteiger partial charge in [0.25, 0.3) is 0 Å². The second-order valence-electron chi connectivity index (χ2n) is 7.00. The summed E-state index contributed by atoms with van der Waals surface area (Å²) in [6, 6.07) is 5.84. The Morgan fingerprint density at radius 1 is 0.900 bits per heavy atom. The molecule has 4 N–H and O–H groups in total. The van der Waals surface area contributed by atoms with Crippen molar-refractivity contribution >= 4 is 35.1 Å². The number of amides is 4. The number of imide groups is 1. The standard InChI is InChI=1S/C21H29N3O6/c1-14(26)5-3-4-6-19(28)23-17-9-7-16(8-10-17)13-18(22-15(2)27)21(30)24-20(29)11-12-25/h7-10,18,25H,3-6,11-13H2,1-2H3,(H,22,27)(H,23,28)(H,24,29,30)/t18-/m0/s1. The molecule has 9 heteroatoms. The van der Waals surface area contributed by atoms with Crippen LogP contribution in [0, 0.1) is 0 Å². The fourth-order valence-electron chi connectivity index (χ4n) is 2.69. The molecule has 164 valence electrons. The van der Waals surface area contributed by atoms with Crippen molar-refractivity contribution in [3.05, 3.63) is 29.8 Å². The van der Waals surface area contributed by atoms with E-state index in [1.807, 2.05) is 0 Å². The number of aliphatic hydroxyl groups is 1. The Labute approximate surface area is 175 Å². The molecule has 1 rings (SSSR count). The maximum atomic E-state index is 12.2. The van der Waals surface area contributed by atoms with Crippen LogP contribution >= 0.6 is 0 Å². The van der Waals surface area contributed by atoms with Crippen LogP contribution in [0.25, 0.3) is 0 Å². The Kier molecular flexibility index (Phi) is 11.0. The van der Waals surface area contributed by atoms with Crippen molar-refractivity contribution in [3.63, 3.8) is 0 Å². The summed E-state index contributed by atoms with van der Waals surface area (Å²) in [4.78, 5) is 58.0. The first-order valence-electron chi connectivity index (χ1n) is 9.81. The summed E-state index contributed by atoms with van der Waals surface area (Å²) < 4.78 is 0. The number of carbonyl (C=O) groups excluding carboxylic acids is 5. The number of carbonyl (C=O) groups is 5. The van der Waals surface area contributed by atoms with E-state index in [0.29, 0.717) is 31.4 Å². The third kappa shape index (κ3) is 10.5. The van der Waals surface area contributed by atoms with E-state index in [4.69, 9.17) is 5.11 Å². The van der Waals surface area contributed by atoms with Crippen LogP contribution in [0.1, 0.15) is 51.5 Å². The zero-order chi connectivity index (χ0) is 22.5. The molecule has 0 fully saturated rings. The molecule has 0 aliphatic carbocycles. The van der Waals surface area contributed by atoms with E-state index in [-0.39, 0.29) is 31.1 Å². The first kappa shape index (κ1) is 25.0. The third-order valence-corrected chi connectivity index (χ3v) is 4.16. The van der Waals surface area contributed by atoms with Crippen LogP contribution < -0.4 is 16.0 Å². The predicted molar refractivity (Wildman–Crippen MR) is 110 cm³/mol. The number of unbranched alkanes of at least 4 members (excludes halogenated alkanes) is 1. The van der Waals surface area contributed by atoms with Gasteiger partial charge >= 0.3 is 0 Å². The molecule has 30 heavy (non-hydrogen) atoms. The van der Waals surface area contributed by atoms with Gasteiger partial charge in [0.2, 0.25) is 23.6 Å². The molecule has 1 aromatic carbocycles. The molecule has 0 saturated heterocycles. The molecular weight excluding hydrogens is 390 g/mol. The lowest BCUT2D eigenvalue weighted by Crippen LogP contribution is -2.49. The van der Waals surface area contributed by atoms with Gasteiger partial charge in [-0.2, -0.15) is 0 Å². The second kappa shape index (κ2) is 13.2. The minimum atomic E-state index is -0.952. The summed E-state index contributed by atoms with van der Waals surface area (Å²) in [5.74, 6) is -1.75. The van der Waals surface area contributed by atoms with E-state index in [2.05, 4.69) is 16.0 Å². The Morgan fingerprint density at radius 3 is 2.10 bits per heavy atom. The van der Waals surface area contributed by atoms with E-state index in [1.165, 1.54) is 13.8 Å². The number of hydrogen-bond acceptors (Lipinski definition) is 6. The summed E-state index contributed by atoms with van der Waals surface area (Å²) in [6.07, 6.45) is 2.04. The smallest absolute Gasteiger partial charge is 0.249 e. The Bertz CT molecular complexity index is 761. The number of rotatable bonds is 12. The molecule has 4 amide bonds. The van der Waals surface area contributed by atoms with Crippen molar-refractivity contribution in [1.82, 2.24) is 10.6 Å². The summed E-state index contributed by atoms with van der Waals surface area (Å²) in [5.41, 5.74) is 1.31. The van der Waals surface area contributed by atoms with E-state index >= 15 is 0 Å². The van der Waals surface area contributed by atoms with E-state index in [9.17, 15) is 24.0 Å². The van der Waals surface area contributed by atoms with E-state index in [1.54, 1.807) is 24.3 Å². The molecule has 0 unspecified atom stereocenters. The number of anilines is 1. The molecule has 0 saturated carbocycles. The van der Waals surface area contributed by atoms with Crippen molar-refractivity contribution in [2.75, 3.05) is 11.9 Å². The van der Waals surface area contributed by atoms with E-state index < -0.39 is 23.8 Å². The molecule has 0 aliphatic rings. The van der Waals surface area contributed by atoms with Gasteiger partial charge in [0.1, 0.15) is 11.8 Å². The highest BCUT2D eigenvalue weighted by molar-refractivity contribution is 5.99. The lowest BCUT2D eigenvalue weighted by atomic mass is 10.0. The van der Waals surface area contributed by atoms with Crippen LogP contribution in [0.3, 0.4) is 0 Å². The lowest BCUT2D eigenvalue weighted by molar-refractivity contribution is -0.134. The largest absolute Gasteiger partial charge is 0.396 e. The number of Topliss-reactive ketones (excluding diaryl/α,β-unsaturated/α-hetero) is 1. The van der Waals surface area contributed by atoms with Gasteiger partial charge in [0, 0.05) is 31.9 Å². The van der Waals surface area contributed by atoms with Gasteiger partial charge in [-0.3, -0.25) is 24.5 Å². The van der Waals surface area contributed by atoms with Crippen molar-refractivity contribution < 1.29 is 29.1 Å². The number of nitrogens with one attached hydrogen (secondary N) is 3. The first-order valence-corrected chi connectivity index (χ1v) is 9.81. The van der Waals surface area contributed by atoms with Crippen LogP contribution in [-0.4, -0.2) is 47.2 Å². The molecule has 1 atom stereocenters. The molecule has 0 aromatic heterocycles. The maximum absolute atomic E-state index is 12.2. The SMILES string of the molecule is CC(=O)CCCCC(=O)Nc1ccc(C[C@H](NC(C)=O)C(=O)NC(=O)CCO)cc1. The van der Waals surface area contributed by atoms with E-state index in [0.717, 1.165) is 5.56 Å². The Balaban J connectivity index is 2.62. The van der Waals surface area contributed by atoms with Gasteiger partial charge in [0.15, 0.2) is 0 Å². The van der Waals surface area contributed by atoms with Gasteiger partial charge in [-0.15, -0.1) is 0 Å². The second-order valence-corrected chi connectivity index (χ2v) is 7.00. The van der Waals surface area contributed by atoms with Crippen molar-refractivity contribution in [2.45, 2.75) is 58.4 Å². The molecule has 0 heterocycles. The Hall–Kier alpha value is -3.07. The number of benzene rings is 1. The van der Waals surface area contributed by atoms with Gasteiger partial charge in [-0.1, -0.05) is 12.1 Å². The van der Waals surface area contributed by atoms with Gasteiger partial charge in [0.05, 0.1) is 13.0 Å². The summed E-state index contributed by atoms with van der Waals surface area (Å²) >= 11 is 0. The minimum absolute atomic E-state index is 0.106. The Morgan fingerprint density at radius 2 is 1.53 bits per heavy atom. The average molecular weight is 419 g/mol. The normalized spacial score (nSPS) is 11.3. The number of ketones is 1.